The molecule has 0 N–H and O–H groups in total. The third kappa shape index (κ3) is 3.18. The lowest BCUT2D eigenvalue weighted by atomic mass is 10.1. The number of carbonyl (C=O) groups is 1. The highest BCUT2D eigenvalue weighted by Crippen LogP contribution is 2.20. The molecule has 0 aliphatic rings. The van der Waals surface area contributed by atoms with Crippen LogP contribution in [0.1, 0.15) is 21.5 Å². The van der Waals surface area contributed by atoms with Crippen molar-refractivity contribution in [2.45, 2.75) is 18.7 Å². The smallest absolute Gasteiger partial charge is 0.258 e. The molecular formula is C16H17NOS. The van der Waals surface area contributed by atoms with E-state index < -0.39 is 0 Å². The lowest BCUT2D eigenvalue weighted by molar-refractivity contribution is 0.0993. The van der Waals surface area contributed by atoms with Crippen LogP contribution >= 0.6 is 12.6 Å². The van der Waals surface area contributed by atoms with Crippen molar-refractivity contribution in [3.63, 3.8) is 0 Å². The van der Waals surface area contributed by atoms with Gasteiger partial charge in [0.05, 0.1) is 0 Å². The summed E-state index contributed by atoms with van der Waals surface area (Å²) >= 11 is 4.27. The third-order valence-electron chi connectivity index (χ3n) is 2.99. The average molecular weight is 271 g/mol. The first kappa shape index (κ1) is 13.7. The van der Waals surface area contributed by atoms with E-state index in [0.29, 0.717) is 5.56 Å². The van der Waals surface area contributed by atoms with Gasteiger partial charge < -0.3 is 4.90 Å². The summed E-state index contributed by atoms with van der Waals surface area (Å²) < 4.78 is 0. The Bertz CT molecular complexity index is 602. The Hall–Kier alpha value is -1.74. The van der Waals surface area contributed by atoms with Gasteiger partial charge in [0, 0.05) is 23.2 Å². The SMILES string of the molecule is Cc1cc(C)cc(N(C)C(=O)c2cccc(S)c2)c1. The average Bonchev–Trinajstić information content (AvgIpc) is 2.36. The van der Waals surface area contributed by atoms with Crippen molar-refractivity contribution < 1.29 is 4.79 Å². The molecule has 19 heavy (non-hydrogen) atoms. The fourth-order valence-electron chi connectivity index (χ4n) is 2.09. The molecule has 98 valence electrons. The first-order chi connectivity index (χ1) is 8.97. The van der Waals surface area contributed by atoms with Gasteiger partial charge in [-0.25, -0.2) is 0 Å². The summed E-state index contributed by atoms with van der Waals surface area (Å²) in [6.07, 6.45) is 0. The van der Waals surface area contributed by atoms with Crippen molar-refractivity contribution >= 4 is 24.2 Å². The normalized spacial score (nSPS) is 10.3. The molecule has 1 amide bonds. The number of aryl methyl sites for hydroxylation is 2. The van der Waals surface area contributed by atoms with Gasteiger partial charge in [-0.1, -0.05) is 12.1 Å². The zero-order valence-electron chi connectivity index (χ0n) is 11.3. The first-order valence-electron chi connectivity index (χ1n) is 6.13. The molecular weight excluding hydrogens is 254 g/mol. The van der Waals surface area contributed by atoms with E-state index in [-0.39, 0.29) is 5.91 Å². The molecule has 2 nitrogen and oxygen atoms in total. The maximum atomic E-state index is 12.4. The second kappa shape index (κ2) is 5.49. The highest BCUT2D eigenvalue weighted by Gasteiger charge is 2.14. The van der Waals surface area contributed by atoms with Crippen LogP contribution in [0, 0.1) is 13.8 Å². The Balaban J connectivity index is 2.33. The minimum atomic E-state index is -0.0269. The highest BCUT2D eigenvalue weighted by molar-refractivity contribution is 7.80. The molecule has 0 aliphatic carbocycles. The van der Waals surface area contributed by atoms with Crippen LogP contribution in [0.4, 0.5) is 5.69 Å². The fourth-order valence-corrected chi connectivity index (χ4v) is 2.32. The lowest BCUT2D eigenvalue weighted by Gasteiger charge is -2.19. The number of rotatable bonds is 2. The molecule has 3 heteroatoms. The van der Waals surface area contributed by atoms with E-state index in [2.05, 4.69) is 18.7 Å². The summed E-state index contributed by atoms with van der Waals surface area (Å²) in [4.78, 5) is 14.9. The Labute approximate surface area is 119 Å². The molecule has 2 aromatic rings. The van der Waals surface area contributed by atoms with E-state index in [0.717, 1.165) is 21.7 Å². The Morgan fingerprint density at radius 2 is 1.68 bits per heavy atom. The number of amides is 1. The predicted octanol–water partition coefficient (Wildman–Crippen LogP) is 3.87. The summed E-state index contributed by atoms with van der Waals surface area (Å²) in [7, 11) is 1.79. The van der Waals surface area contributed by atoms with Gasteiger partial charge in [0.25, 0.3) is 5.91 Å². The molecule has 2 aromatic carbocycles. The second-order valence-corrected chi connectivity index (χ2v) is 5.28. The summed E-state index contributed by atoms with van der Waals surface area (Å²) in [6.45, 7) is 4.06. The Morgan fingerprint density at radius 1 is 1.05 bits per heavy atom. The van der Waals surface area contributed by atoms with Crippen molar-refractivity contribution in [3.8, 4) is 0 Å². The van der Waals surface area contributed by atoms with Crippen LogP contribution in [0.3, 0.4) is 0 Å². The molecule has 0 unspecified atom stereocenters. The van der Waals surface area contributed by atoms with Crippen LogP contribution in [-0.2, 0) is 0 Å². The largest absolute Gasteiger partial charge is 0.311 e. The molecule has 0 saturated heterocycles. The second-order valence-electron chi connectivity index (χ2n) is 4.76. The molecule has 0 spiro atoms. The van der Waals surface area contributed by atoms with Gasteiger partial charge in [0.2, 0.25) is 0 Å². The number of thiol groups is 1. The van der Waals surface area contributed by atoms with E-state index >= 15 is 0 Å². The number of carbonyl (C=O) groups excluding carboxylic acids is 1. The maximum Gasteiger partial charge on any atom is 0.258 e. The van der Waals surface area contributed by atoms with Gasteiger partial charge in [0.1, 0.15) is 0 Å². The van der Waals surface area contributed by atoms with Crippen LogP contribution in [0.5, 0.6) is 0 Å². The molecule has 0 fully saturated rings. The Morgan fingerprint density at radius 3 is 2.26 bits per heavy atom. The van der Waals surface area contributed by atoms with E-state index in [4.69, 9.17) is 0 Å². The maximum absolute atomic E-state index is 12.4. The Kier molecular flexibility index (Phi) is 3.96. The van der Waals surface area contributed by atoms with Gasteiger partial charge in [0.15, 0.2) is 0 Å². The topological polar surface area (TPSA) is 20.3 Å². The van der Waals surface area contributed by atoms with Crippen LogP contribution in [0.25, 0.3) is 0 Å². The zero-order chi connectivity index (χ0) is 14.0. The molecule has 0 aromatic heterocycles. The van der Waals surface area contributed by atoms with E-state index in [1.165, 1.54) is 0 Å². The molecule has 2 rings (SSSR count). The standard InChI is InChI=1S/C16H17NOS/c1-11-7-12(2)9-14(8-11)17(3)16(18)13-5-4-6-15(19)10-13/h4-10,19H,1-3H3. The van der Waals surface area contributed by atoms with E-state index in [1.807, 2.05) is 38.1 Å². The zero-order valence-corrected chi connectivity index (χ0v) is 12.2. The molecule has 0 atom stereocenters. The van der Waals surface area contributed by atoms with Crippen LogP contribution in [0.15, 0.2) is 47.4 Å². The monoisotopic (exact) mass is 271 g/mol. The predicted molar refractivity (Wildman–Crippen MR) is 82.3 cm³/mol. The van der Waals surface area contributed by atoms with Crippen molar-refractivity contribution in [1.29, 1.82) is 0 Å². The number of anilines is 1. The number of hydrogen-bond acceptors (Lipinski definition) is 2. The minimum Gasteiger partial charge on any atom is -0.311 e. The summed E-state index contributed by atoms with van der Waals surface area (Å²) in [5.41, 5.74) is 3.86. The van der Waals surface area contributed by atoms with Gasteiger partial charge in [-0.15, -0.1) is 12.6 Å². The molecule has 0 aliphatic heterocycles. The third-order valence-corrected chi connectivity index (χ3v) is 3.27. The molecule has 0 saturated carbocycles. The number of hydrogen-bond donors (Lipinski definition) is 1. The highest BCUT2D eigenvalue weighted by atomic mass is 32.1. The van der Waals surface area contributed by atoms with Crippen molar-refractivity contribution in [2.75, 3.05) is 11.9 Å². The fraction of sp³-hybridized carbons (Fsp3) is 0.188. The summed E-state index contributed by atoms with van der Waals surface area (Å²) in [5, 5.41) is 0. The van der Waals surface area contributed by atoms with E-state index in [1.54, 1.807) is 24.1 Å². The van der Waals surface area contributed by atoms with Crippen LogP contribution in [-0.4, -0.2) is 13.0 Å². The van der Waals surface area contributed by atoms with Gasteiger partial charge in [-0.05, 0) is 55.3 Å². The first-order valence-corrected chi connectivity index (χ1v) is 6.57. The number of benzene rings is 2. The van der Waals surface area contributed by atoms with Gasteiger partial charge in [-0.2, -0.15) is 0 Å². The molecule has 0 heterocycles. The summed E-state index contributed by atoms with van der Waals surface area (Å²) in [5.74, 6) is -0.0269. The van der Waals surface area contributed by atoms with Crippen molar-refractivity contribution in [2.24, 2.45) is 0 Å². The lowest BCUT2D eigenvalue weighted by Crippen LogP contribution is -2.26. The van der Waals surface area contributed by atoms with Crippen LogP contribution < -0.4 is 4.90 Å². The van der Waals surface area contributed by atoms with Crippen molar-refractivity contribution in [1.82, 2.24) is 0 Å². The van der Waals surface area contributed by atoms with Crippen LogP contribution in [0.2, 0.25) is 0 Å². The minimum absolute atomic E-state index is 0.0269. The summed E-state index contributed by atoms with van der Waals surface area (Å²) in [6, 6.07) is 13.4. The molecule has 0 bridgehead atoms. The van der Waals surface area contributed by atoms with Gasteiger partial charge in [-0.3, -0.25) is 4.79 Å². The van der Waals surface area contributed by atoms with E-state index in [9.17, 15) is 4.79 Å². The quantitative estimate of drug-likeness (QED) is 0.822. The number of nitrogens with zero attached hydrogens (tertiary/aromatic N) is 1. The molecule has 0 radical (unpaired) electrons. The van der Waals surface area contributed by atoms with Gasteiger partial charge >= 0.3 is 0 Å². The van der Waals surface area contributed by atoms with Crippen molar-refractivity contribution in [3.05, 3.63) is 59.2 Å².